The fraction of sp³-hybridized carbons (Fsp3) is 0.133. The predicted octanol–water partition coefficient (Wildman–Crippen LogP) is 2.39. The number of benzene rings is 1. The topological polar surface area (TPSA) is 73.8 Å². The maximum absolute atomic E-state index is 12.4. The van der Waals surface area contributed by atoms with Crippen LogP contribution < -0.4 is 11.3 Å². The van der Waals surface area contributed by atoms with Gasteiger partial charge in [0.25, 0.3) is 5.56 Å². The normalized spacial score (nSPS) is 11.0. The van der Waals surface area contributed by atoms with Gasteiger partial charge in [-0.2, -0.15) is 0 Å². The van der Waals surface area contributed by atoms with E-state index in [9.17, 15) is 4.79 Å². The van der Waals surface area contributed by atoms with Crippen LogP contribution in [0.3, 0.4) is 0 Å². The molecule has 6 heteroatoms. The number of fused-ring (bicyclic) bond motifs is 1. The first-order chi connectivity index (χ1) is 10.1. The highest BCUT2D eigenvalue weighted by molar-refractivity contribution is 7.98. The Morgan fingerprint density at radius 2 is 2.05 bits per heavy atom. The van der Waals surface area contributed by atoms with Gasteiger partial charge in [0.1, 0.15) is 0 Å². The molecule has 0 spiro atoms. The number of nitrogens with zero attached hydrogens (tertiary/aromatic N) is 3. The Bertz CT molecular complexity index is 888. The fourth-order valence-corrected chi connectivity index (χ4v) is 2.59. The molecule has 0 atom stereocenters. The van der Waals surface area contributed by atoms with Crippen molar-refractivity contribution in [1.29, 1.82) is 0 Å². The van der Waals surface area contributed by atoms with Gasteiger partial charge in [0, 0.05) is 18.0 Å². The summed E-state index contributed by atoms with van der Waals surface area (Å²) in [7, 11) is 0. The molecule has 5 nitrogen and oxygen atoms in total. The molecule has 0 aliphatic carbocycles. The summed E-state index contributed by atoms with van der Waals surface area (Å²) in [6.07, 6.45) is 3.56. The molecular formula is C15H14N4OS. The number of para-hydroxylation sites is 1. The standard InChI is InChI=1S/C15H14N4OS/c1-9-5-3-4-6-12(9)19-13(20)7-11(16)10-8-17-15(21-2)18-14(10)19/h3-8H,16H2,1-2H3. The van der Waals surface area contributed by atoms with Crippen molar-refractivity contribution in [2.75, 3.05) is 12.0 Å². The quantitative estimate of drug-likeness (QED) is 0.581. The van der Waals surface area contributed by atoms with Gasteiger partial charge in [0.2, 0.25) is 0 Å². The summed E-state index contributed by atoms with van der Waals surface area (Å²) < 4.78 is 1.59. The van der Waals surface area contributed by atoms with Gasteiger partial charge in [0.15, 0.2) is 10.8 Å². The smallest absolute Gasteiger partial charge is 0.258 e. The molecule has 2 N–H and O–H groups in total. The highest BCUT2D eigenvalue weighted by Gasteiger charge is 2.12. The number of aryl methyl sites for hydroxylation is 1. The van der Waals surface area contributed by atoms with E-state index >= 15 is 0 Å². The Kier molecular flexibility index (Phi) is 3.39. The van der Waals surface area contributed by atoms with Gasteiger partial charge >= 0.3 is 0 Å². The minimum absolute atomic E-state index is 0.194. The Morgan fingerprint density at radius 1 is 1.29 bits per heavy atom. The first-order valence-corrected chi connectivity index (χ1v) is 7.62. The van der Waals surface area contributed by atoms with Crippen molar-refractivity contribution in [1.82, 2.24) is 14.5 Å². The Labute approximate surface area is 125 Å². The maximum Gasteiger partial charge on any atom is 0.258 e. The number of pyridine rings is 1. The minimum Gasteiger partial charge on any atom is -0.398 e. The van der Waals surface area contributed by atoms with Crippen molar-refractivity contribution in [3.05, 3.63) is 52.4 Å². The van der Waals surface area contributed by atoms with Gasteiger partial charge in [-0.05, 0) is 24.8 Å². The molecule has 3 rings (SSSR count). The van der Waals surface area contributed by atoms with Crippen molar-refractivity contribution in [3.63, 3.8) is 0 Å². The number of hydrogen-bond donors (Lipinski definition) is 1. The summed E-state index contributed by atoms with van der Waals surface area (Å²) in [6, 6.07) is 9.10. The van der Waals surface area contributed by atoms with E-state index in [2.05, 4.69) is 9.97 Å². The zero-order chi connectivity index (χ0) is 15.0. The van der Waals surface area contributed by atoms with Gasteiger partial charge in [-0.15, -0.1) is 0 Å². The highest BCUT2D eigenvalue weighted by Crippen LogP contribution is 2.22. The number of nitrogen functional groups attached to an aromatic ring is 1. The average Bonchev–Trinajstić information content (AvgIpc) is 2.48. The van der Waals surface area contributed by atoms with Crippen LogP contribution in [0.25, 0.3) is 16.7 Å². The van der Waals surface area contributed by atoms with Crippen molar-refractivity contribution < 1.29 is 0 Å². The summed E-state index contributed by atoms with van der Waals surface area (Å²) in [6.45, 7) is 1.96. The Hall–Kier alpha value is -2.34. The molecule has 0 aliphatic rings. The lowest BCUT2D eigenvalue weighted by Gasteiger charge is -2.13. The van der Waals surface area contributed by atoms with Gasteiger partial charge in [0.05, 0.1) is 11.1 Å². The van der Waals surface area contributed by atoms with E-state index in [1.807, 2.05) is 37.4 Å². The second-order valence-electron chi connectivity index (χ2n) is 4.65. The average molecular weight is 298 g/mol. The molecule has 0 saturated heterocycles. The van der Waals surface area contributed by atoms with Crippen LogP contribution >= 0.6 is 11.8 Å². The summed E-state index contributed by atoms with van der Waals surface area (Å²) in [4.78, 5) is 21.1. The van der Waals surface area contributed by atoms with E-state index in [0.717, 1.165) is 11.3 Å². The number of aromatic nitrogens is 3. The third kappa shape index (κ3) is 2.27. The van der Waals surface area contributed by atoms with Gasteiger partial charge < -0.3 is 5.73 Å². The van der Waals surface area contributed by atoms with E-state index in [0.29, 0.717) is 21.9 Å². The highest BCUT2D eigenvalue weighted by atomic mass is 32.2. The van der Waals surface area contributed by atoms with Gasteiger partial charge in [-0.3, -0.25) is 9.36 Å². The lowest BCUT2D eigenvalue weighted by molar-refractivity contribution is 0.934. The van der Waals surface area contributed by atoms with Crippen molar-refractivity contribution in [3.8, 4) is 5.69 Å². The molecule has 0 radical (unpaired) electrons. The molecule has 0 fully saturated rings. The van der Waals surface area contributed by atoms with Crippen LogP contribution in [0.15, 0.2) is 46.5 Å². The van der Waals surface area contributed by atoms with E-state index in [1.165, 1.54) is 17.8 Å². The number of hydrogen-bond acceptors (Lipinski definition) is 5. The fourth-order valence-electron chi connectivity index (χ4n) is 2.26. The second-order valence-corrected chi connectivity index (χ2v) is 5.43. The molecule has 0 amide bonds. The van der Waals surface area contributed by atoms with Crippen LogP contribution in [-0.4, -0.2) is 20.8 Å². The van der Waals surface area contributed by atoms with Crippen LogP contribution in [0.2, 0.25) is 0 Å². The Balaban J connectivity index is 2.47. The van der Waals surface area contributed by atoms with E-state index in [1.54, 1.807) is 10.8 Å². The van der Waals surface area contributed by atoms with Crippen LogP contribution in [0.4, 0.5) is 5.69 Å². The maximum atomic E-state index is 12.4. The third-order valence-electron chi connectivity index (χ3n) is 3.31. The van der Waals surface area contributed by atoms with E-state index < -0.39 is 0 Å². The zero-order valence-corrected chi connectivity index (χ0v) is 12.5. The third-order valence-corrected chi connectivity index (χ3v) is 3.87. The summed E-state index contributed by atoms with van der Waals surface area (Å²) in [5.41, 5.74) is 8.47. The SMILES string of the molecule is CSc1ncc2c(N)cc(=O)n(-c3ccccc3C)c2n1. The van der Waals surface area contributed by atoms with Crippen molar-refractivity contribution in [2.24, 2.45) is 0 Å². The lowest BCUT2D eigenvalue weighted by Crippen LogP contribution is -2.20. The molecule has 2 aromatic heterocycles. The minimum atomic E-state index is -0.194. The zero-order valence-electron chi connectivity index (χ0n) is 11.7. The van der Waals surface area contributed by atoms with Crippen molar-refractivity contribution in [2.45, 2.75) is 12.1 Å². The number of anilines is 1. The monoisotopic (exact) mass is 298 g/mol. The molecule has 2 heterocycles. The van der Waals surface area contributed by atoms with Crippen molar-refractivity contribution >= 4 is 28.5 Å². The van der Waals surface area contributed by atoms with Gasteiger partial charge in [-0.25, -0.2) is 9.97 Å². The van der Waals surface area contributed by atoms with Crippen LogP contribution in [0.5, 0.6) is 0 Å². The molecule has 0 unspecified atom stereocenters. The predicted molar refractivity (Wildman–Crippen MR) is 86.1 cm³/mol. The van der Waals surface area contributed by atoms with Crippen LogP contribution in [0.1, 0.15) is 5.56 Å². The molecule has 106 valence electrons. The lowest BCUT2D eigenvalue weighted by atomic mass is 10.2. The largest absolute Gasteiger partial charge is 0.398 e. The summed E-state index contributed by atoms with van der Waals surface area (Å²) >= 11 is 1.43. The van der Waals surface area contributed by atoms with Gasteiger partial charge in [-0.1, -0.05) is 30.0 Å². The number of nitrogens with two attached hydrogens (primary N) is 1. The molecule has 0 saturated carbocycles. The van der Waals surface area contributed by atoms with Crippen LogP contribution in [-0.2, 0) is 0 Å². The van der Waals surface area contributed by atoms with E-state index in [-0.39, 0.29) is 5.56 Å². The first kappa shape index (κ1) is 13.6. The number of thioether (sulfide) groups is 1. The van der Waals surface area contributed by atoms with Crippen LogP contribution in [0, 0.1) is 6.92 Å². The molecule has 3 aromatic rings. The number of rotatable bonds is 2. The summed E-state index contributed by atoms with van der Waals surface area (Å²) in [5, 5.41) is 1.28. The summed E-state index contributed by atoms with van der Waals surface area (Å²) in [5.74, 6) is 0. The second kappa shape index (κ2) is 5.21. The van der Waals surface area contributed by atoms with E-state index in [4.69, 9.17) is 5.73 Å². The molecule has 0 aliphatic heterocycles. The molecule has 21 heavy (non-hydrogen) atoms. The first-order valence-electron chi connectivity index (χ1n) is 6.40. The molecule has 0 bridgehead atoms. The molecule has 1 aromatic carbocycles. The Morgan fingerprint density at radius 3 is 2.76 bits per heavy atom. The molecular weight excluding hydrogens is 284 g/mol.